The van der Waals surface area contributed by atoms with Crippen LogP contribution >= 0.6 is 0 Å². The van der Waals surface area contributed by atoms with E-state index in [9.17, 15) is 4.79 Å². The highest BCUT2D eigenvalue weighted by molar-refractivity contribution is 5.88. The van der Waals surface area contributed by atoms with Crippen LogP contribution in [0.5, 0.6) is 0 Å². The van der Waals surface area contributed by atoms with E-state index in [-0.39, 0.29) is 0 Å². The largest absolute Gasteiger partial charge is 0.478 e. The topological polar surface area (TPSA) is 43.8 Å². The minimum absolute atomic E-state index is 0.363. The van der Waals surface area contributed by atoms with Crippen molar-refractivity contribution in [1.29, 1.82) is 0 Å². The summed E-state index contributed by atoms with van der Waals surface area (Å²) in [5, 5.41) is 9.12. The summed E-state index contributed by atoms with van der Waals surface area (Å²) in [5.74, 6) is 0.424. The van der Waals surface area contributed by atoms with Gasteiger partial charge in [-0.2, -0.15) is 0 Å². The lowest BCUT2D eigenvalue weighted by Crippen LogP contribution is -2.63. The highest BCUT2D eigenvalue weighted by Gasteiger charge is 2.49. The molecule has 0 amide bonds. The Kier molecular flexibility index (Phi) is 5.75. The highest BCUT2D eigenvalue weighted by Crippen LogP contribution is 2.48. The van der Waals surface area contributed by atoms with Gasteiger partial charge in [0.2, 0.25) is 0 Å². The fourth-order valence-corrected chi connectivity index (χ4v) is 6.53. The molecule has 170 valence electrons. The van der Waals surface area contributed by atoms with E-state index in [2.05, 4.69) is 47.9 Å². The molecule has 4 nitrogen and oxygen atoms in total. The number of aromatic carboxylic acids is 1. The lowest BCUT2D eigenvalue weighted by atomic mass is 9.70. The van der Waals surface area contributed by atoms with Gasteiger partial charge in [0.05, 0.1) is 5.56 Å². The summed E-state index contributed by atoms with van der Waals surface area (Å²) in [6.07, 6.45) is 6.51. The molecule has 32 heavy (non-hydrogen) atoms. The van der Waals surface area contributed by atoms with Crippen LogP contribution in [0.1, 0.15) is 79.3 Å². The second-order valence-electron chi connectivity index (χ2n) is 10.6. The van der Waals surface area contributed by atoms with E-state index < -0.39 is 5.97 Å². The van der Waals surface area contributed by atoms with Crippen molar-refractivity contribution in [1.82, 2.24) is 4.90 Å². The van der Waals surface area contributed by atoms with Gasteiger partial charge in [-0.15, -0.1) is 0 Å². The van der Waals surface area contributed by atoms with Gasteiger partial charge in [0.1, 0.15) is 0 Å². The highest BCUT2D eigenvalue weighted by atomic mass is 16.4. The van der Waals surface area contributed by atoms with Crippen LogP contribution in [0, 0.1) is 5.41 Å². The van der Waals surface area contributed by atoms with Gasteiger partial charge in [0.25, 0.3) is 0 Å². The van der Waals surface area contributed by atoms with Gasteiger partial charge in [-0.05, 0) is 78.3 Å². The zero-order valence-corrected chi connectivity index (χ0v) is 19.5. The van der Waals surface area contributed by atoms with Gasteiger partial charge >= 0.3 is 5.97 Å². The SMILES string of the molecule is CC(C)c1ccccc1[C@@H]1CCC[C@@H]1N1CC2(CCN(c3ccc(C(=O)O)cc3)CC2)C1. The lowest BCUT2D eigenvalue weighted by molar-refractivity contribution is -0.0493. The Balaban J connectivity index is 1.20. The van der Waals surface area contributed by atoms with E-state index in [0.717, 1.165) is 18.8 Å². The summed E-state index contributed by atoms with van der Waals surface area (Å²) in [6, 6.07) is 17.2. The summed E-state index contributed by atoms with van der Waals surface area (Å²) in [4.78, 5) is 16.3. The molecule has 0 unspecified atom stereocenters. The fourth-order valence-electron chi connectivity index (χ4n) is 6.53. The molecule has 0 bridgehead atoms. The molecular weight excluding hydrogens is 396 g/mol. The van der Waals surface area contributed by atoms with Gasteiger partial charge in [0.15, 0.2) is 0 Å². The molecule has 1 N–H and O–H groups in total. The van der Waals surface area contributed by atoms with Crippen molar-refractivity contribution in [2.75, 3.05) is 31.1 Å². The van der Waals surface area contributed by atoms with E-state index in [1.54, 1.807) is 23.3 Å². The Morgan fingerprint density at radius 2 is 1.69 bits per heavy atom. The van der Waals surface area contributed by atoms with Gasteiger partial charge in [-0.3, -0.25) is 4.90 Å². The first-order chi connectivity index (χ1) is 15.5. The molecule has 1 aliphatic carbocycles. The number of likely N-dealkylation sites (tertiary alicyclic amines) is 1. The molecule has 2 aromatic carbocycles. The summed E-state index contributed by atoms with van der Waals surface area (Å²) in [7, 11) is 0. The average Bonchev–Trinajstić information content (AvgIpc) is 3.27. The van der Waals surface area contributed by atoms with Crippen LogP contribution in [0.4, 0.5) is 5.69 Å². The molecule has 3 aliphatic rings. The molecule has 2 heterocycles. The fraction of sp³-hybridized carbons (Fsp3) is 0.536. The number of nitrogens with zero attached hydrogens (tertiary/aromatic N) is 2. The number of anilines is 1. The van der Waals surface area contributed by atoms with Gasteiger partial charge in [0, 0.05) is 37.9 Å². The third-order valence-corrected chi connectivity index (χ3v) is 8.35. The Bertz CT molecular complexity index is 952. The van der Waals surface area contributed by atoms with Crippen LogP contribution in [0.15, 0.2) is 48.5 Å². The van der Waals surface area contributed by atoms with Crippen LogP contribution in [0.2, 0.25) is 0 Å². The lowest BCUT2D eigenvalue weighted by Gasteiger charge is -2.57. The number of benzene rings is 2. The van der Waals surface area contributed by atoms with Crippen molar-refractivity contribution in [2.45, 2.75) is 63.8 Å². The maximum atomic E-state index is 11.1. The minimum Gasteiger partial charge on any atom is -0.478 e. The van der Waals surface area contributed by atoms with Crippen molar-refractivity contribution < 1.29 is 9.90 Å². The van der Waals surface area contributed by atoms with Crippen LogP contribution < -0.4 is 4.90 Å². The second kappa shape index (κ2) is 8.55. The number of carbonyl (C=O) groups is 1. The zero-order chi connectivity index (χ0) is 22.3. The summed E-state index contributed by atoms with van der Waals surface area (Å²) >= 11 is 0. The third-order valence-electron chi connectivity index (χ3n) is 8.35. The van der Waals surface area contributed by atoms with Crippen LogP contribution in [0.3, 0.4) is 0 Å². The van der Waals surface area contributed by atoms with Crippen molar-refractivity contribution in [3.05, 3.63) is 65.2 Å². The Morgan fingerprint density at radius 1 is 1.00 bits per heavy atom. The molecule has 2 aromatic rings. The van der Waals surface area contributed by atoms with E-state index in [1.165, 1.54) is 45.2 Å². The molecule has 1 saturated carbocycles. The van der Waals surface area contributed by atoms with Gasteiger partial charge in [-0.25, -0.2) is 4.79 Å². The average molecular weight is 433 g/mol. The Morgan fingerprint density at radius 3 is 2.34 bits per heavy atom. The summed E-state index contributed by atoms with van der Waals surface area (Å²) in [5.41, 5.74) is 5.15. The number of piperidine rings is 1. The minimum atomic E-state index is -0.857. The first-order valence-corrected chi connectivity index (χ1v) is 12.4. The molecule has 0 aromatic heterocycles. The molecule has 4 heteroatoms. The molecule has 2 aliphatic heterocycles. The molecule has 1 spiro atoms. The van der Waals surface area contributed by atoms with Crippen molar-refractivity contribution in [3.63, 3.8) is 0 Å². The van der Waals surface area contributed by atoms with Gasteiger partial charge < -0.3 is 10.0 Å². The molecule has 2 saturated heterocycles. The predicted molar refractivity (Wildman–Crippen MR) is 130 cm³/mol. The third kappa shape index (κ3) is 3.94. The van der Waals surface area contributed by atoms with Crippen molar-refractivity contribution >= 4 is 11.7 Å². The summed E-state index contributed by atoms with van der Waals surface area (Å²) < 4.78 is 0. The smallest absolute Gasteiger partial charge is 0.335 e. The summed E-state index contributed by atoms with van der Waals surface area (Å²) in [6.45, 7) is 9.30. The predicted octanol–water partition coefficient (Wildman–Crippen LogP) is 5.75. The van der Waals surface area contributed by atoms with Crippen LogP contribution in [0.25, 0.3) is 0 Å². The molecule has 3 fully saturated rings. The molecule has 5 rings (SSSR count). The van der Waals surface area contributed by atoms with E-state index in [1.807, 2.05) is 12.1 Å². The second-order valence-corrected chi connectivity index (χ2v) is 10.6. The van der Waals surface area contributed by atoms with Gasteiger partial charge in [-0.1, -0.05) is 44.5 Å². The van der Waals surface area contributed by atoms with Crippen LogP contribution in [-0.2, 0) is 0 Å². The molecular formula is C28H36N2O2. The standard InChI is InChI=1S/C28H36N2O2/c1-20(2)23-6-3-4-7-24(23)25-8-5-9-26(25)30-18-28(19-30)14-16-29(17-15-28)22-12-10-21(11-13-22)27(31)32/h3-4,6-7,10-13,20,25-26H,5,8-9,14-19H2,1-2H3,(H,31,32)/t25-,26-/m0/s1. The maximum Gasteiger partial charge on any atom is 0.335 e. The number of hydrogen-bond acceptors (Lipinski definition) is 3. The number of rotatable bonds is 5. The quantitative estimate of drug-likeness (QED) is 0.654. The first-order valence-electron chi connectivity index (χ1n) is 12.4. The van der Waals surface area contributed by atoms with Crippen molar-refractivity contribution in [3.8, 4) is 0 Å². The van der Waals surface area contributed by atoms with Crippen LogP contribution in [-0.4, -0.2) is 48.2 Å². The zero-order valence-electron chi connectivity index (χ0n) is 19.5. The molecule has 2 atom stereocenters. The number of carboxylic acids is 1. The molecule has 0 radical (unpaired) electrons. The monoisotopic (exact) mass is 432 g/mol. The van der Waals surface area contributed by atoms with E-state index >= 15 is 0 Å². The Labute approximate surface area is 192 Å². The Hall–Kier alpha value is -2.33. The van der Waals surface area contributed by atoms with E-state index in [0.29, 0.717) is 28.9 Å². The first kappa shape index (κ1) is 21.5. The number of hydrogen-bond donors (Lipinski definition) is 1. The maximum absolute atomic E-state index is 11.1. The number of carboxylic acid groups (broad SMARTS) is 1. The van der Waals surface area contributed by atoms with E-state index in [4.69, 9.17) is 5.11 Å². The van der Waals surface area contributed by atoms with Crippen molar-refractivity contribution in [2.24, 2.45) is 5.41 Å². The normalized spacial score (nSPS) is 25.3.